The van der Waals surface area contributed by atoms with E-state index in [0.29, 0.717) is 26.2 Å². The van der Waals surface area contributed by atoms with E-state index in [1.54, 1.807) is 33.3 Å². The highest BCUT2D eigenvalue weighted by Gasteiger charge is 2.25. The fourth-order valence-electron chi connectivity index (χ4n) is 2.62. The molecule has 1 atom stereocenters. The monoisotopic (exact) mass is 335 g/mol. The maximum Gasteiger partial charge on any atom is 0.236 e. The Morgan fingerprint density at radius 3 is 3.13 bits per heavy atom. The smallest absolute Gasteiger partial charge is 0.236 e. The third-order valence-electron chi connectivity index (χ3n) is 3.84. The van der Waals surface area contributed by atoms with E-state index in [-0.39, 0.29) is 12.0 Å². The van der Waals surface area contributed by atoms with Crippen LogP contribution < -0.4 is 0 Å². The van der Waals surface area contributed by atoms with Crippen LogP contribution in [-0.2, 0) is 23.1 Å². The molecule has 0 unspecified atom stereocenters. The van der Waals surface area contributed by atoms with Crippen LogP contribution >= 0.6 is 11.3 Å². The van der Waals surface area contributed by atoms with Crippen molar-refractivity contribution in [3.63, 3.8) is 0 Å². The van der Waals surface area contributed by atoms with Crippen molar-refractivity contribution in [2.45, 2.75) is 12.6 Å². The number of likely N-dealkylation sites (N-methyl/N-ethyl adjacent to an activating group) is 1. The lowest BCUT2D eigenvalue weighted by molar-refractivity contribution is -0.133. The number of ether oxygens (including phenoxy) is 1. The molecule has 0 aromatic carbocycles. The van der Waals surface area contributed by atoms with Crippen LogP contribution in [0.5, 0.6) is 0 Å². The highest BCUT2D eigenvalue weighted by Crippen LogP contribution is 2.23. The largest absolute Gasteiger partial charge is 0.368 e. The zero-order valence-electron chi connectivity index (χ0n) is 13.4. The Balaban J connectivity index is 1.52. The number of morpholine rings is 1. The summed E-state index contributed by atoms with van der Waals surface area (Å²) in [7, 11) is 3.70. The molecule has 1 fully saturated rings. The lowest BCUT2D eigenvalue weighted by Crippen LogP contribution is -2.44. The van der Waals surface area contributed by atoms with Gasteiger partial charge in [-0.05, 0) is 0 Å². The van der Waals surface area contributed by atoms with Gasteiger partial charge in [-0.15, -0.1) is 11.3 Å². The number of nitrogens with zero attached hydrogens (tertiary/aromatic N) is 5. The zero-order valence-corrected chi connectivity index (χ0v) is 14.2. The second kappa shape index (κ2) is 7.20. The minimum atomic E-state index is -0.0276. The Morgan fingerprint density at radius 1 is 1.57 bits per heavy atom. The average molecular weight is 335 g/mol. The van der Waals surface area contributed by atoms with Crippen molar-refractivity contribution < 1.29 is 9.53 Å². The van der Waals surface area contributed by atoms with Gasteiger partial charge in [0.25, 0.3) is 0 Å². The molecule has 0 aliphatic carbocycles. The van der Waals surface area contributed by atoms with Gasteiger partial charge in [-0.25, -0.2) is 4.98 Å². The number of aromatic nitrogens is 3. The van der Waals surface area contributed by atoms with Gasteiger partial charge in [0, 0.05) is 57.1 Å². The molecule has 3 rings (SSSR count). The quantitative estimate of drug-likeness (QED) is 0.813. The molecule has 0 bridgehead atoms. The molecule has 7 nitrogen and oxygen atoms in total. The molecule has 0 saturated carbocycles. The molecule has 2 aromatic heterocycles. The van der Waals surface area contributed by atoms with Crippen molar-refractivity contribution in [1.82, 2.24) is 24.6 Å². The number of thiazole rings is 1. The van der Waals surface area contributed by atoms with E-state index in [1.165, 1.54) is 0 Å². The zero-order chi connectivity index (χ0) is 16.2. The van der Waals surface area contributed by atoms with Crippen LogP contribution in [0.25, 0.3) is 0 Å². The third-order valence-corrected chi connectivity index (χ3v) is 4.71. The Kier molecular flexibility index (Phi) is 5.04. The van der Waals surface area contributed by atoms with Gasteiger partial charge in [-0.2, -0.15) is 5.10 Å². The van der Waals surface area contributed by atoms with Crippen molar-refractivity contribution in [2.75, 3.05) is 33.3 Å². The number of carbonyl (C=O) groups excluding carboxylic acids is 1. The lowest BCUT2D eigenvalue weighted by Gasteiger charge is -2.32. The molecule has 1 aliphatic rings. The van der Waals surface area contributed by atoms with Crippen LogP contribution in [-0.4, -0.2) is 63.8 Å². The number of rotatable bonds is 5. The number of amides is 1. The first-order chi connectivity index (χ1) is 11.1. The molecular weight excluding hydrogens is 314 g/mol. The number of aryl methyl sites for hydroxylation is 1. The second-order valence-electron chi connectivity index (χ2n) is 5.74. The van der Waals surface area contributed by atoms with Gasteiger partial charge in [0.05, 0.1) is 19.3 Å². The van der Waals surface area contributed by atoms with Crippen LogP contribution in [0.4, 0.5) is 0 Å². The fourth-order valence-corrected chi connectivity index (χ4v) is 3.29. The Bertz CT molecular complexity index is 642. The van der Waals surface area contributed by atoms with Gasteiger partial charge in [-0.1, -0.05) is 0 Å². The maximum atomic E-state index is 12.4. The van der Waals surface area contributed by atoms with E-state index in [4.69, 9.17) is 4.74 Å². The fraction of sp³-hybridized carbons (Fsp3) is 0.533. The summed E-state index contributed by atoms with van der Waals surface area (Å²) in [6.07, 6.45) is 5.48. The highest BCUT2D eigenvalue weighted by atomic mass is 32.1. The van der Waals surface area contributed by atoms with Gasteiger partial charge in [0.1, 0.15) is 11.1 Å². The summed E-state index contributed by atoms with van der Waals surface area (Å²) in [5.41, 5.74) is 1.03. The average Bonchev–Trinajstić information content (AvgIpc) is 3.19. The first-order valence-electron chi connectivity index (χ1n) is 7.56. The summed E-state index contributed by atoms with van der Waals surface area (Å²) >= 11 is 1.59. The van der Waals surface area contributed by atoms with Crippen LogP contribution in [0.2, 0.25) is 0 Å². The van der Waals surface area contributed by atoms with E-state index in [0.717, 1.165) is 17.1 Å². The lowest BCUT2D eigenvalue weighted by atomic mass is 10.2. The summed E-state index contributed by atoms with van der Waals surface area (Å²) in [5, 5.41) is 7.06. The van der Waals surface area contributed by atoms with Gasteiger partial charge < -0.3 is 9.64 Å². The van der Waals surface area contributed by atoms with Gasteiger partial charge in [-0.3, -0.25) is 14.4 Å². The SMILES string of the molecule is CN(Cc1cnn(C)c1)C(=O)CN1CCO[C@H](c2nccs2)C1. The minimum absolute atomic E-state index is 0.0276. The van der Waals surface area contributed by atoms with E-state index in [9.17, 15) is 4.79 Å². The van der Waals surface area contributed by atoms with Gasteiger partial charge in [0.15, 0.2) is 0 Å². The Hall–Kier alpha value is -1.77. The maximum absolute atomic E-state index is 12.4. The van der Waals surface area contributed by atoms with E-state index in [2.05, 4.69) is 15.0 Å². The molecule has 0 N–H and O–H groups in total. The van der Waals surface area contributed by atoms with Gasteiger partial charge >= 0.3 is 0 Å². The van der Waals surface area contributed by atoms with Crippen molar-refractivity contribution in [3.8, 4) is 0 Å². The van der Waals surface area contributed by atoms with E-state index >= 15 is 0 Å². The summed E-state index contributed by atoms with van der Waals surface area (Å²) < 4.78 is 7.51. The Morgan fingerprint density at radius 2 is 2.43 bits per heavy atom. The predicted molar refractivity (Wildman–Crippen MR) is 86.9 cm³/mol. The first kappa shape index (κ1) is 16.1. The number of hydrogen-bond donors (Lipinski definition) is 0. The van der Waals surface area contributed by atoms with Crippen LogP contribution in [0, 0.1) is 0 Å². The topological polar surface area (TPSA) is 63.5 Å². The summed E-state index contributed by atoms with van der Waals surface area (Å²) in [6.45, 7) is 3.09. The van der Waals surface area contributed by atoms with Crippen LogP contribution in [0.3, 0.4) is 0 Å². The number of carbonyl (C=O) groups is 1. The van der Waals surface area contributed by atoms with Crippen LogP contribution in [0.15, 0.2) is 24.0 Å². The molecule has 2 aromatic rings. The molecule has 23 heavy (non-hydrogen) atoms. The molecule has 1 amide bonds. The Labute approximate surface area is 139 Å². The molecule has 1 saturated heterocycles. The molecule has 8 heteroatoms. The van der Waals surface area contributed by atoms with Crippen molar-refractivity contribution in [2.24, 2.45) is 7.05 Å². The summed E-state index contributed by atoms with van der Waals surface area (Å²) in [6, 6.07) is 0. The third kappa shape index (κ3) is 4.15. The normalized spacial score (nSPS) is 19.0. The molecular formula is C15H21N5O2S. The second-order valence-corrected chi connectivity index (χ2v) is 6.66. The molecule has 1 aliphatic heterocycles. The van der Waals surface area contributed by atoms with Crippen molar-refractivity contribution in [1.29, 1.82) is 0 Å². The van der Waals surface area contributed by atoms with E-state index < -0.39 is 0 Å². The summed E-state index contributed by atoms with van der Waals surface area (Å²) in [4.78, 5) is 20.6. The molecule has 124 valence electrons. The molecule has 0 radical (unpaired) electrons. The minimum Gasteiger partial charge on any atom is -0.368 e. The summed E-state index contributed by atoms with van der Waals surface area (Å²) in [5.74, 6) is 0.105. The van der Waals surface area contributed by atoms with Crippen molar-refractivity contribution >= 4 is 17.2 Å². The van der Waals surface area contributed by atoms with Crippen LogP contribution in [0.1, 0.15) is 16.7 Å². The molecule has 3 heterocycles. The first-order valence-corrected chi connectivity index (χ1v) is 8.44. The van der Waals surface area contributed by atoms with Gasteiger partial charge in [0.2, 0.25) is 5.91 Å². The predicted octanol–water partition coefficient (Wildman–Crippen LogP) is 0.909. The molecule has 0 spiro atoms. The standard InChI is InChI=1S/C15H21N5O2S/c1-18(8-12-7-17-19(2)9-12)14(21)11-20-4-5-22-13(10-20)15-16-3-6-23-15/h3,6-7,9,13H,4-5,8,10-11H2,1-2H3/t13-/m0/s1. The number of hydrogen-bond acceptors (Lipinski definition) is 6. The highest BCUT2D eigenvalue weighted by molar-refractivity contribution is 7.09. The van der Waals surface area contributed by atoms with E-state index in [1.807, 2.05) is 25.7 Å². The van der Waals surface area contributed by atoms with Crippen molar-refractivity contribution in [3.05, 3.63) is 34.5 Å².